The molecule has 0 N–H and O–H groups in total. The van der Waals surface area contributed by atoms with Crippen LogP contribution < -0.4 is 0 Å². The smallest absolute Gasteiger partial charge is 0.0219 e. The Morgan fingerprint density at radius 3 is 2.43 bits per heavy atom. The van der Waals surface area contributed by atoms with Gasteiger partial charge >= 0.3 is 0 Å². The van der Waals surface area contributed by atoms with Gasteiger partial charge in [0.2, 0.25) is 0 Å². The second kappa shape index (κ2) is 6.35. The molecule has 0 radical (unpaired) electrons. The van der Waals surface area contributed by atoms with Crippen LogP contribution in [0.3, 0.4) is 0 Å². The summed E-state index contributed by atoms with van der Waals surface area (Å²) in [5.41, 5.74) is 0. The maximum atomic E-state index is 2.71. The Kier molecular flexibility index (Phi) is 5.81. The highest BCUT2D eigenvalue weighted by Crippen LogP contribution is 2.51. The maximum absolute atomic E-state index is 2.71. The third kappa shape index (κ3) is 4.51. The van der Waals surface area contributed by atoms with Gasteiger partial charge in [-0.1, -0.05) is 20.8 Å². The summed E-state index contributed by atoms with van der Waals surface area (Å²) >= 11 is 2.18. The van der Waals surface area contributed by atoms with Crippen molar-refractivity contribution in [2.45, 2.75) is 33.6 Å². The van der Waals surface area contributed by atoms with Gasteiger partial charge in [-0.2, -0.15) is 0 Å². The van der Waals surface area contributed by atoms with Gasteiger partial charge in [0.05, 0.1) is 0 Å². The maximum Gasteiger partial charge on any atom is 0.0219 e. The minimum absolute atomic E-state index is 0.0997. The Balaban J connectivity index is 2.20. The van der Waals surface area contributed by atoms with Crippen LogP contribution in [0.15, 0.2) is 0 Å². The summed E-state index contributed by atoms with van der Waals surface area (Å²) in [4.78, 5) is 0. The Bertz CT molecular complexity index is 155. The van der Waals surface area contributed by atoms with E-state index < -0.39 is 0 Å². The number of piperidine rings is 1. The fourth-order valence-corrected chi connectivity index (χ4v) is 5.61. The molecule has 1 heterocycles. The molecular formula is C11H24NPS. The molecular weight excluding hydrogens is 209 g/mol. The lowest BCUT2D eigenvalue weighted by molar-refractivity contribution is 0.304. The van der Waals surface area contributed by atoms with Crippen molar-refractivity contribution in [3.8, 4) is 0 Å². The van der Waals surface area contributed by atoms with Gasteiger partial charge in [-0.05, 0) is 31.3 Å². The Hall–Kier alpha value is 0.740. The van der Waals surface area contributed by atoms with Crippen molar-refractivity contribution in [2.75, 3.05) is 25.5 Å². The minimum atomic E-state index is 0.0997. The van der Waals surface area contributed by atoms with Gasteiger partial charge in [0.25, 0.3) is 0 Å². The fraction of sp³-hybridized carbons (Fsp3) is 1.00. The predicted octanol–water partition coefficient (Wildman–Crippen LogP) is 4.05. The number of hydrogen-bond donors (Lipinski definition) is 0. The summed E-state index contributed by atoms with van der Waals surface area (Å²) in [6.07, 6.45) is 2.82. The highest BCUT2D eigenvalue weighted by Gasteiger charge is 2.20. The first kappa shape index (κ1) is 12.8. The molecule has 1 aliphatic rings. The third-order valence-corrected chi connectivity index (χ3v) is 7.40. The molecule has 14 heavy (non-hydrogen) atoms. The summed E-state index contributed by atoms with van der Waals surface area (Å²) in [5.74, 6) is 3.13. The predicted molar refractivity (Wildman–Crippen MR) is 70.1 cm³/mol. The second-order valence-electron chi connectivity index (χ2n) is 4.79. The first-order valence-electron chi connectivity index (χ1n) is 5.71. The van der Waals surface area contributed by atoms with Gasteiger partial charge in [0.1, 0.15) is 0 Å². The first-order chi connectivity index (χ1) is 6.59. The van der Waals surface area contributed by atoms with Crippen LogP contribution in [-0.2, 0) is 0 Å². The number of rotatable bonds is 4. The van der Waals surface area contributed by atoms with Crippen LogP contribution in [0.5, 0.6) is 0 Å². The molecule has 0 aromatic carbocycles. The molecule has 1 fully saturated rings. The fourth-order valence-electron chi connectivity index (χ4n) is 1.62. The SMILES string of the molecule is CC(C)CSP(C)N1CCC(C)CC1. The molecule has 0 aromatic rings. The molecule has 3 heteroatoms. The Labute approximate surface area is 94.6 Å². The number of hydrogen-bond acceptors (Lipinski definition) is 2. The summed E-state index contributed by atoms with van der Waals surface area (Å²) in [6, 6.07) is 0. The highest BCUT2D eigenvalue weighted by atomic mass is 32.7. The van der Waals surface area contributed by atoms with Gasteiger partial charge in [-0.3, -0.25) is 4.67 Å². The van der Waals surface area contributed by atoms with E-state index in [-0.39, 0.29) is 7.27 Å². The highest BCUT2D eigenvalue weighted by molar-refractivity contribution is 8.54. The van der Waals surface area contributed by atoms with E-state index in [4.69, 9.17) is 0 Å². The van der Waals surface area contributed by atoms with Gasteiger partial charge in [-0.15, -0.1) is 11.4 Å². The lowest BCUT2D eigenvalue weighted by atomic mass is 10.0. The molecule has 0 aliphatic carbocycles. The quantitative estimate of drug-likeness (QED) is 0.674. The molecule has 1 unspecified atom stereocenters. The lowest BCUT2D eigenvalue weighted by Gasteiger charge is -2.34. The molecule has 0 aromatic heterocycles. The van der Waals surface area contributed by atoms with Gasteiger partial charge in [-0.25, -0.2) is 0 Å². The Morgan fingerprint density at radius 2 is 1.93 bits per heavy atom. The van der Waals surface area contributed by atoms with Gasteiger partial charge in [0.15, 0.2) is 0 Å². The van der Waals surface area contributed by atoms with E-state index in [0.717, 1.165) is 11.8 Å². The average molecular weight is 233 g/mol. The minimum Gasteiger partial charge on any atom is -0.274 e. The summed E-state index contributed by atoms with van der Waals surface area (Å²) < 4.78 is 2.71. The van der Waals surface area contributed by atoms with E-state index in [1.165, 1.54) is 31.7 Å². The molecule has 0 amide bonds. The summed E-state index contributed by atoms with van der Waals surface area (Å²) in [6.45, 7) is 12.1. The van der Waals surface area contributed by atoms with E-state index in [2.05, 4.69) is 43.5 Å². The molecule has 1 nitrogen and oxygen atoms in total. The summed E-state index contributed by atoms with van der Waals surface area (Å²) in [5, 5.41) is 0. The van der Waals surface area contributed by atoms with Crippen LogP contribution in [0.1, 0.15) is 33.6 Å². The van der Waals surface area contributed by atoms with Crippen LogP contribution in [0.2, 0.25) is 0 Å². The summed E-state index contributed by atoms with van der Waals surface area (Å²) in [7, 11) is 0.0997. The van der Waals surface area contributed by atoms with E-state index in [9.17, 15) is 0 Å². The van der Waals surface area contributed by atoms with Crippen molar-refractivity contribution in [2.24, 2.45) is 11.8 Å². The molecule has 1 saturated heterocycles. The monoisotopic (exact) mass is 233 g/mol. The van der Waals surface area contributed by atoms with Crippen LogP contribution in [0, 0.1) is 11.8 Å². The average Bonchev–Trinajstić information content (AvgIpc) is 2.15. The largest absolute Gasteiger partial charge is 0.274 e. The van der Waals surface area contributed by atoms with Crippen molar-refractivity contribution >= 4 is 18.7 Å². The molecule has 1 atom stereocenters. The van der Waals surface area contributed by atoms with Crippen LogP contribution in [0.4, 0.5) is 0 Å². The standard InChI is InChI=1S/C11H24NPS/c1-10(2)9-14-13(4)12-7-5-11(3)6-8-12/h10-11H,5-9H2,1-4H3. The van der Waals surface area contributed by atoms with E-state index in [1.807, 2.05) is 0 Å². The zero-order valence-corrected chi connectivity index (χ0v) is 11.7. The van der Waals surface area contributed by atoms with Gasteiger partial charge in [0, 0.05) is 26.1 Å². The van der Waals surface area contributed by atoms with E-state index in [0.29, 0.717) is 0 Å². The van der Waals surface area contributed by atoms with Crippen molar-refractivity contribution < 1.29 is 0 Å². The number of nitrogens with zero attached hydrogens (tertiary/aromatic N) is 1. The molecule has 84 valence electrons. The molecule has 1 rings (SSSR count). The van der Waals surface area contributed by atoms with Crippen LogP contribution in [0.25, 0.3) is 0 Å². The normalized spacial score (nSPS) is 22.9. The van der Waals surface area contributed by atoms with Gasteiger partial charge < -0.3 is 0 Å². The van der Waals surface area contributed by atoms with Crippen molar-refractivity contribution in [1.82, 2.24) is 4.67 Å². The van der Waals surface area contributed by atoms with E-state index in [1.54, 1.807) is 0 Å². The molecule has 0 bridgehead atoms. The van der Waals surface area contributed by atoms with Crippen molar-refractivity contribution in [3.05, 3.63) is 0 Å². The van der Waals surface area contributed by atoms with Crippen molar-refractivity contribution in [3.63, 3.8) is 0 Å². The zero-order valence-electron chi connectivity index (χ0n) is 9.99. The lowest BCUT2D eigenvalue weighted by Crippen LogP contribution is -2.28. The topological polar surface area (TPSA) is 3.24 Å². The third-order valence-electron chi connectivity index (χ3n) is 2.75. The first-order valence-corrected chi connectivity index (χ1v) is 9.04. The van der Waals surface area contributed by atoms with Crippen LogP contribution >= 0.6 is 18.7 Å². The molecule has 0 saturated carbocycles. The molecule has 1 aliphatic heterocycles. The Morgan fingerprint density at radius 1 is 1.36 bits per heavy atom. The second-order valence-corrected chi connectivity index (χ2v) is 9.24. The molecule has 0 spiro atoms. The van der Waals surface area contributed by atoms with Crippen LogP contribution in [-0.4, -0.2) is 30.2 Å². The van der Waals surface area contributed by atoms with Crippen molar-refractivity contribution in [1.29, 1.82) is 0 Å². The van der Waals surface area contributed by atoms with E-state index >= 15 is 0 Å². The zero-order chi connectivity index (χ0) is 10.6.